The van der Waals surface area contributed by atoms with Crippen LogP contribution in [-0.2, 0) is 6.18 Å². The van der Waals surface area contributed by atoms with Crippen molar-refractivity contribution in [2.75, 3.05) is 39.3 Å². The molecule has 2 saturated heterocycles. The third kappa shape index (κ3) is 4.16. The third-order valence-electron chi connectivity index (χ3n) is 6.10. The molecule has 180 valence electrons. The molecule has 5 rings (SSSR count). The molecular formula is C21H17ClF4N4O2S2. The van der Waals surface area contributed by atoms with Crippen molar-refractivity contribution >= 4 is 56.2 Å². The number of likely N-dealkylation sites (tertiary alicyclic amines) is 1. The number of carbonyl (C=O) groups is 2. The van der Waals surface area contributed by atoms with Crippen molar-refractivity contribution in [1.29, 1.82) is 0 Å². The predicted octanol–water partition coefficient (Wildman–Crippen LogP) is 4.45. The molecule has 34 heavy (non-hydrogen) atoms. The summed E-state index contributed by atoms with van der Waals surface area (Å²) in [5.74, 6) is -1.88. The SMILES string of the molecule is O=C(c1nccs1)N1CCN(C2CN(C(=O)c3sc4cc(C(F)(F)F)c(F)cc4c3Cl)C2)CC1. The van der Waals surface area contributed by atoms with Gasteiger partial charge in [-0.3, -0.25) is 14.5 Å². The van der Waals surface area contributed by atoms with E-state index in [9.17, 15) is 27.2 Å². The molecule has 3 aromatic rings. The van der Waals surface area contributed by atoms with Gasteiger partial charge in [-0.2, -0.15) is 13.2 Å². The first kappa shape index (κ1) is 23.5. The van der Waals surface area contributed by atoms with Gasteiger partial charge in [-0.15, -0.1) is 22.7 Å². The Morgan fingerprint density at radius 1 is 1.06 bits per heavy atom. The monoisotopic (exact) mass is 532 g/mol. The lowest BCUT2D eigenvalue weighted by molar-refractivity contribution is -0.139. The summed E-state index contributed by atoms with van der Waals surface area (Å²) in [6.07, 6.45) is -3.23. The molecule has 0 spiro atoms. The molecule has 6 nitrogen and oxygen atoms in total. The summed E-state index contributed by atoms with van der Waals surface area (Å²) in [5, 5.41) is 2.29. The quantitative estimate of drug-likeness (QED) is 0.468. The standard InChI is InChI=1S/C21H17ClF4N4O2S2/c22-16-12-7-14(23)13(21(24,25)26)8-15(12)34-17(16)19(31)30-9-11(10-30)28-2-4-29(5-3-28)20(32)18-27-1-6-33-18/h1,6-8,11H,2-5,9-10H2. The molecule has 2 aromatic heterocycles. The zero-order valence-electron chi connectivity index (χ0n) is 17.4. The zero-order valence-corrected chi connectivity index (χ0v) is 19.8. The van der Waals surface area contributed by atoms with Crippen LogP contribution in [0.3, 0.4) is 0 Å². The van der Waals surface area contributed by atoms with E-state index < -0.39 is 17.6 Å². The number of thiazole rings is 1. The summed E-state index contributed by atoms with van der Waals surface area (Å²) in [6, 6.07) is 1.56. The van der Waals surface area contributed by atoms with Crippen molar-refractivity contribution in [3.05, 3.63) is 50.0 Å². The number of thiophene rings is 1. The molecule has 2 aliphatic heterocycles. The normalized spacial score (nSPS) is 17.9. The van der Waals surface area contributed by atoms with Crippen LogP contribution in [0.25, 0.3) is 10.1 Å². The third-order valence-corrected chi connectivity index (χ3v) is 8.51. The van der Waals surface area contributed by atoms with E-state index in [2.05, 4.69) is 9.88 Å². The number of piperazine rings is 1. The first-order chi connectivity index (χ1) is 16.1. The van der Waals surface area contributed by atoms with Crippen molar-refractivity contribution in [2.45, 2.75) is 12.2 Å². The minimum Gasteiger partial charge on any atom is -0.335 e. The Labute approximate surface area is 204 Å². The number of rotatable bonds is 3. The van der Waals surface area contributed by atoms with E-state index in [1.165, 1.54) is 11.3 Å². The summed E-state index contributed by atoms with van der Waals surface area (Å²) in [5.41, 5.74) is -1.38. The van der Waals surface area contributed by atoms with E-state index in [-0.39, 0.29) is 37.8 Å². The average Bonchev–Trinajstić information content (AvgIpc) is 3.40. The van der Waals surface area contributed by atoms with E-state index in [1.54, 1.807) is 21.4 Å². The smallest absolute Gasteiger partial charge is 0.335 e. The number of carbonyl (C=O) groups excluding carboxylic acids is 2. The number of fused-ring (bicyclic) bond motifs is 1. The molecule has 0 saturated carbocycles. The van der Waals surface area contributed by atoms with Gasteiger partial charge in [0, 0.05) is 67.0 Å². The van der Waals surface area contributed by atoms with Crippen molar-refractivity contribution in [1.82, 2.24) is 19.7 Å². The second kappa shape index (κ2) is 8.74. The second-order valence-electron chi connectivity index (χ2n) is 8.10. The van der Waals surface area contributed by atoms with E-state index in [1.807, 2.05) is 0 Å². The number of halogens is 5. The molecule has 13 heteroatoms. The first-order valence-electron chi connectivity index (χ1n) is 10.3. The highest BCUT2D eigenvalue weighted by atomic mass is 35.5. The lowest BCUT2D eigenvalue weighted by atomic mass is 10.1. The highest BCUT2D eigenvalue weighted by molar-refractivity contribution is 7.21. The number of amides is 2. The maximum Gasteiger partial charge on any atom is 0.419 e. The van der Waals surface area contributed by atoms with Crippen LogP contribution in [0.2, 0.25) is 5.02 Å². The molecule has 0 atom stereocenters. The topological polar surface area (TPSA) is 56.8 Å². The number of aromatic nitrogens is 1. The Bertz CT molecular complexity index is 1250. The molecule has 2 aliphatic rings. The molecule has 2 fully saturated rings. The molecule has 1 aromatic carbocycles. The number of hydrogen-bond acceptors (Lipinski definition) is 6. The summed E-state index contributed by atoms with van der Waals surface area (Å²) in [4.78, 5) is 35.1. The number of nitrogens with zero attached hydrogens (tertiary/aromatic N) is 4. The fourth-order valence-electron chi connectivity index (χ4n) is 4.19. The van der Waals surface area contributed by atoms with Gasteiger partial charge >= 0.3 is 6.18 Å². The Hall–Kier alpha value is -2.28. The lowest BCUT2D eigenvalue weighted by Gasteiger charge is -2.48. The fraction of sp³-hybridized carbons (Fsp3) is 0.381. The minimum absolute atomic E-state index is 0.0320. The lowest BCUT2D eigenvalue weighted by Crippen LogP contribution is -2.64. The Morgan fingerprint density at radius 3 is 2.38 bits per heavy atom. The highest BCUT2D eigenvalue weighted by Crippen LogP contribution is 2.41. The highest BCUT2D eigenvalue weighted by Gasteiger charge is 2.39. The van der Waals surface area contributed by atoms with Crippen molar-refractivity contribution < 1.29 is 27.2 Å². The van der Waals surface area contributed by atoms with Crippen LogP contribution >= 0.6 is 34.3 Å². The Morgan fingerprint density at radius 2 is 1.76 bits per heavy atom. The minimum atomic E-state index is -4.83. The zero-order chi connectivity index (χ0) is 24.2. The average molecular weight is 533 g/mol. The Balaban J connectivity index is 1.22. The molecule has 0 N–H and O–H groups in total. The maximum absolute atomic E-state index is 14.0. The van der Waals surface area contributed by atoms with Crippen LogP contribution in [0, 0.1) is 5.82 Å². The largest absolute Gasteiger partial charge is 0.419 e. The molecule has 0 aliphatic carbocycles. The molecule has 2 amide bonds. The second-order valence-corrected chi connectivity index (χ2v) is 10.4. The first-order valence-corrected chi connectivity index (χ1v) is 12.4. The van der Waals surface area contributed by atoms with E-state index >= 15 is 0 Å². The fourth-order valence-corrected chi connectivity index (χ4v) is 6.29. The van der Waals surface area contributed by atoms with E-state index in [0.29, 0.717) is 50.3 Å². The summed E-state index contributed by atoms with van der Waals surface area (Å²) >= 11 is 8.39. The van der Waals surface area contributed by atoms with Crippen LogP contribution in [0.4, 0.5) is 17.6 Å². The molecule has 0 radical (unpaired) electrons. The van der Waals surface area contributed by atoms with E-state index in [4.69, 9.17) is 11.6 Å². The van der Waals surface area contributed by atoms with Gasteiger partial charge in [0.15, 0.2) is 5.01 Å². The van der Waals surface area contributed by atoms with E-state index in [0.717, 1.165) is 17.4 Å². The van der Waals surface area contributed by atoms with Gasteiger partial charge in [-0.05, 0) is 12.1 Å². The van der Waals surface area contributed by atoms with Crippen LogP contribution in [0.5, 0.6) is 0 Å². The van der Waals surface area contributed by atoms with Crippen LogP contribution in [0.15, 0.2) is 23.7 Å². The number of hydrogen-bond donors (Lipinski definition) is 0. The van der Waals surface area contributed by atoms with Crippen molar-refractivity contribution in [2.24, 2.45) is 0 Å². The summed E-state index contributed by atoms with van der Waals surface area (Å²) in [7, 11) is 0. The predicted molar refractivity (Wildman–Crippen MR) is 121 cm³/mol. The van der Waals surface area contributed by atoms with Crippen molar-refractivity contribution in [3.63, 3.8) is 0 Å². The van der Waals surface area contributed by atoms with Crippen LogP contribution in [-0.4, -0.2) is 76.8 Å². The van der Waals surface area contributed by atoms with Gasteiger partial charge < -0.3 is 9.80 Å². The molecule has 0 bridgehead atoms. The molecule has 0 unspecified atom stereocenters. The van der Waals surface area contributed by atoms with Gasteiger partial charge in [-0.1, -0.05) is 11.6 Å². The number of alkyl halides is 3. The van der Waals surface area contributed by atoms with Gasteiger partial charge in [0.25, 0.3) is 11.8 Å². The summed E-state index contributed by atoms with van der Waals surface area (Å²) in [6.45, 7) is 3.38. The van der Waals surface area contributed by atoms with Crippen LogP contribution < -0.4 is 0 Å². The van der Waals surface area contributed by atoms with Gasteiger partial charge in [0.05, 0.1) is 10.6 Å². The Kier molecular flexibility index (Phi) is 6.03. The maximum atomic E-state index is 14.0. The van der Waals surface area contributed by atoms with Crippen molar-refractivity contribution in [3.8, 4) is 0 Å². The van der Waals surface area contributed by atoms with Gasteiger partial charge in [-0.25, -0.2) is 9.37 Å². The molecular weight excluding hydrogens is 516 g/mol. The summed E-state index contributed by atoms with van der Waals surface area (Å²) < 4.78 is 53.1. The van der Waals surface area contributed by atoms with Gasteiger partial charge in [0.2, 0.25) is 0 Å². The number of benzene rings is 1. The van der Waals surface area contributed by atoms with Gasteiger partial charge in [0.1, 0.15) is 10.7 Å². The molecule has 4 heterocycles. The van der Waals surface area contributed by atoms with Crippen LogP contribution in [0.1, 0.15) is 25.0 Å².